The molecule has 0 radical (unpaired) electrons. The maximum absolute atomic E-state index is 9.47. The van der Waals surface area contributed by atoms with Gasteiger partial charge in [0, 0.05) is 49.8 Å². The van der Waals surface area contributed by atoms with E-state index in [0.29, 0.717) is 12.1 Å². The van der Waals surface area contributed by atoms with Crippen LogP contribution in [0.1, 0.15) is 31.4 Å². The van der Waals surface area contributed by atoms with Crippen LogP contribution in [0.3, 0.4) is 0 Å². The predicted molar refractivity (Wildman–Crippen MR) is 99.9 cm³/mol. The molecule has 2 aromatic heterocycles. The second-order valence-electron chi connectivity index (χ2n) is 7.13. The molecule has 0 amide bonds. The van der Waals surface area contributed by atoms with Gasteiger partial charge in [0.2, 0.25) is 0 Å². The molecular formula is C19H26N6. The van der Waals surface area contributed by atoms with Gasteiger partial charge >= 0.3 is 0 Å². The van der Waals surface area contributed by atoms with E-state index < -0.39 is 0 Å². The number of nitrogens with one attached hydrogen (secondary N) is 1. The molecule has 4 rings (SSSR count). The molecule has 6 heteroatoms. The largest absolute Gasteiger partial charge is 0.354 e. The minimum Gasteiger partial charge on any atom is -0.354 e. The summed E-state index contributed by atoms with van der Waals surface area (Å²) < 4.78 is 2.23. The summed E-state index contributed by atoms with van der Waals surface area (Å²) in [4.78, 5) is 9.81. The van der Waals surface area contributed by atoms with E-state index in [9.17, 15) is 5.26 Å². The molecule has 0 spiro atoms. The number of piperazine rings is 1. The summed E-state index contributed by atoms with van der Waals surface area (Å²) >= 11 is 0. The molecule has 3 heterocycles. The van der Waals surface area contributed by atoms with E-state index >= 15 is 0 Å². The molecule has 0 aromatic carbocycles. The van der Waals surface area contributed by atoms with Gasteiger partial charge in [-0.05, 0) is 38.6 Å². The molecule has 1 aliphatic heterocycles. The van der Waals surface area contributed by atoms with E-state index in [1.54, 1.807) is 0 Å². The summed E-state index contributed by atoms with van der Waals surface area (Å²) in [6.45, 7) is 7.55. The Bertz CT molecular complexity index is 790. The molecule has 1 saturated heterocycles. The zero-order chi connectivity index (χ0) is 17.4. The van der Waals surface area contributed by atoms with Gasteiger partial charge in [0.1, 0.15) is 17.5 Å². The first-order valence-corrected chi connectivity index (χ1v) is 9.29. The number of aromatic nitrogens is 2. The first kappa shape index (κ1) is 16.4. The van der Waals surface area contributed by atoms with Crippen LogP contribution in [0, 0.1) is 11.3 Å². The van der Waals surface area contributed by atoms with Gasteiger partial charge in [0.15, 0.2) is 0 Å². The Morgan fingerprint density at radius 1 is 1.24 bits per heavy atom. The van der Waals surface area contributed by atoms with E-state index in [4.69, 9.17) is 4.98 Å². The van der Waals surface area contributed by atoms with Crippen molar-refractivity contribution in [1.29, 1.82) is 5.26 Å². The lowest BCUT2D eigenvalue weighted by molar-refractivity contribution is 0.240. The number of rotatable bonds is 4. The third-order valence-corrected chi connectivity index (χ3v) is 5.84. The minimum absolute atomic E-state index is 0.446. The van der Waals surface area contributed by atoms with E-state index in [-0.39, 0.29) is 0 Å². The summed E-state index contributed by atoms with van der Waals surface area (Å²) in [6, 6.07) is 7.51. The van der Waals surface area contributed by atoms with Crippen molar-refractivity contribution < 1.29 is 0 Å². The number of fused-ring (bicyclic) bond motifs is 1. The van der Waals surface area contributed by atoms with E-state index in [0.717, 1.165) is 68.0 Å². The zero-order valence-corrected chi connectivity index (χ0v) is 15.1. The normalized spacial score (nSPS) is 24.3. The topological polar surface area (TPSA) is 60.1 Å². The standard InChI is InChI=1S/C19H26N6/c1-3-23-6-8-24(9-7-23)18-5-4-17-14(12-20)13-25(19(17)22-18)16-10-15(11-16)21-2/h4-5,13,15-16,21H,3,6-11H2,1-2H3. The highest BCUT2D eigenvalue weighted by Gasteiger charge is 2.31. The number of hydrogen-bond acceptors (Lipinski definition) is 5. The molecule has 0 atom stereocenters. The van der Waals surface area contributed by atoms with Crippen LogP contribution in [0.15, 0.2) is 18.3 Å². The van der Waals surface area contributed by atoms with Gasteiger partial charge in [-0.15, -0.1) is 0 Å². The number of hydrogen-bond donors (Lipinski definition) is 1. The lowest BCUT2D eigenvalue weighted by Crippen LogP contribution is -2.46. The molecule has 2 aliphatic rings. The molecule has 1 saturated carbocycles. The Kier molecular flexibility index (Phi) is 4.36. The van der Waals surface area contributed by atoms with Crippen molar-refractivity contribution in [3.05, 3.63) is 23.9 Å². The van der Waals surface area contributed by atoms with Crippen molar-refractivity contribution in [1.82, 2.24) is 19.8 Å². The lowest BCUT2D eigenvalue weighted by atomic mass is 9.87. The molecule has 0 bridgehead atoms. The number of pyridine rings is 1. The quantitative estimate of drug-likeness (QED) is 0.924. The summed E-state index contributed by atoms with van der Waals surface area (Å²) in [5, 5.41) is 13.8. The zero-order valence-electron chi connectivity index (χ0n) is 15.1. The molecule has 2 fully saturated rings. The van der Waals surface area contributed by atoms with Crippen LogP contribution >= 0.6 is 0 Å². The minimum atomic E-state index is 0.446. The fraction of sp³-hybridized carbons (Fsp3) is 0.579. The molecule has 1 aliphatic carbocycles. The maximum atomic E-state index is 9.47. The van der Waals surface area contributed by atoms with E-state index in [1.165, 1.54) is 0 Å². The lowest BCUT2D eigenvalue weighted by Gasteiger charge is -2.37. The Labute approximate surface area is 149 Å². The van der Waals surface area contributed by atoms with Gasteiger partial charge in [0.25, 0.3) is 0 Å². The summed E-state index contributed by atoms with van der Waals surface area (Å²) in [7, 11) is 2.02. The molecule has 25 heavy (non-hydrogen) atoms. The van der Waals surface area contributed by atoms with Crippen molar-refractivity contribution in [3.63, 3.8) is 0 Å². The van der Waals surface area contributed by atoms with Crippen LogP contribution in [0.5, 0.6) is 0 Å². The van der Waals surface area contributed by atoms with Crippen molar-refractivity contribution in [3.8, 4) is 6.07 Å². The number of anilines is 1. The highest BCUT2D eigenvalue weighted by Crippen LogP contribution is 2.36. The molecule has 132 valence electrons. The van der Waals surface area contributed by atoms with Crippen LogP contribution in [0.25, 0.3) is 11.0 Å². The smallest absolute Gasteiger partial charge is 0.143 e. The van der Waals surface area contributed by atoms with Crippen LogP contribution < -0.4 is 10.2 Å². The Morgan fingerprint density at radius 3 is 2.64 bits per heavy atom. The monoisotopic (exact) mass is 338 g/mol. The third-order valence-electron chi connectivity index (χ3n) is 5.84. The molecular weight excluding hydrogens is 312 g/mol. The summed E-state index contributed by atoms with van der Waals surface area (Å²) in [6.07, 6.45) is 4.20. The van der Waals surface area contributed by atoms with Gasteiger partial charge in [0.05, 0.1) is 5.56 Å². The molecule has 0 unspecified atom stereocenters. The maximum Gasteiger partial charge on any atom is 0.143 e. The second kappa shape index (κ2) is 6.66. The highest BCUT2D eigenvalue weighted by molar-refractivity contribution is 5.85. The highest BCUT2D eigenvalue weighted by atomic mass is 15.3. The van der Waals surface area contributed by atoms with Gasteiger partial charge in [-0.2, -0.15) is 5.26 Å². The Morgan fingerprint density at radius 2 is 2.00 bits per heavy atom. The fourth-order valence-corrected chi connectivity index (χ4v) is 4.00. The van der Waals surface area contributed by atoms with E-state index in [2.05, 4.69) is 44.8 Å². The van der Waals surface area contributed by atoms with Gasteiger partial charge < -0.3 is 19.7 Å². The van der Waals surface area contributed by atoms with Crippen molar-refractivity contribution >= 4 is 16.9 Å². The SMILES string of the molecule is CCN1CCN(c2ccc3c(C#N)cn(C4CC(NC)C4)c3n2)CC1. The average Bonchev–Trinajstić information content (AvgIpc) is 2.99. The summed E-state index contributed by atoms with van der Waals surface area (Å²) in [5.41, 5.74) is 1.70. The number of nitrogens with zero attached hydrogens (tertiary/aromatic N) is 5. The van der Waals surface area contributed by atoms with Crippen LogP contribution in [0.2, 0.25) is 0 Å². The van der Waals surface area contributed by atoms with E-state index in [1.807, 2.05) is 13.2 Å². The molecule has 2 aromatic rings. The number of likely N-dealkylation sites (N-methyl/N-ethyl adjacent to an activating group) is 1. The van der Waals surface area contributed by atoms with Crippen LogP contribution in [-0.4, -0.2) is 60.3 Å². The third kappa shape index (κ3) is 2.88. The Balaban J connectivity index is 1.64. The first-order valence-electron chi connectivity index (χ1n) is 9.29. The van der Waals surface area contributed by atoms with Gasteiger partial charge in [-0.1, -0.05) is 6.92 Å². The first-order chi connectivity index (χ1) is 12.2. The van der Waals surface area contributed by atoms with Crippen molar-refractivity contribution in [2.45, 2.75) is 31.8 Å². The van der Waals surface area contributed by atoms with Crippen molar-refractivity contribution in [2.24, 2.45) is 0 Å². The summed E-state index contributed by atoms with van der Waals surface area (Å²) in [5.74, 6) is 1.04. The van der Waals surface area contributed by atoms with Crippen molar-refractivity contribution in [2.75, 3.05) is 44.7 Å². The second-order valence-corrected chi connectivity index (χ2v) is 7.13. The fourth-order valence-electron chi connectivity index (χ4n) is 4.00. The van der Waals surface area contributed by atoms with Crippen LogP contribution in [-0.2, 0) is 0 Å². The van der Waals surface area contributed by atoms with Gasteiger partial charge in [-0.25, -0.2) is 4.98 Å². The molecule has 6 nitrogen and oxygen atoms in total. The number of nitriles is 1. The van der Waals surface area contributed by atoms with Crippen LogP contribution in [0.4, 0.5) is 5.82 Å². The predicted octanol–water partition coefficient (Wildman–Crippen LogP) is 1.97. The molecule has 1 N–H and O–H groups in total. The average molecular weight is 338 g/mol. The van der Waals surface area contributed by atoms with Gasteiger partial charge in [-0.3, -0.25) is 0 Å². The Hall–Kier alpha value is -2.10.